The first-order valence-corrected chi connectivity index (χ1v) is 14.3. The van der Waals surface area contributed by atoms with Crippen LogP contribution in [0.2, 0.25) is 0 Å². The maximum absolute atomic E-state index is 7.02. The minimum atomic E-state index is -0.203. The summed E-state index contributed by atoms with van der Waals surface area (Å²) in [4.78, 5) is 1.40. The Labute approximate surface area is 203 Å². The molecule has 4 aliphatic rings. The third-order valence-corrected chi connectivity index (χ3v) is 10.4. The fourth-order valence-electron chi connectivity index (χ4n) is 7.44. The third kappa shape index (κ3) is 4.14. The average Bonchev–Trinajstić information content (AvgIpc) is 3.57. The molecule has 0 amide bonds. The molecule has 0 saturated heterocycles. The summed E-state index contributed by atoms with van der Waals surface area (Å²) in [6, 6.07) is 17.7. The van der Waals surface area contributed by atoms with Gasteiger partial charge in [-0.25, -0.2) is 0 Å². The molecule has 0 aromatic heterocycles. The van der Waals surface area contributed by atoms with Gasteiger partial charge in [0, 0.05) is 10.8 Å². The van der Waals surface area contributed by atoms with E-state index in [4.69, 9.17) is 9.47 Å². The number of thioether (sulfide) groups is 1. The molecule has 1 aliphatic heterocycles. The summed E-state index contributed by atoms with van der Waals surface area (Å²) in [6.07, 6.45) is 9.43. The Morgan fingerprint density at radius 2 is 1.76 bits per heavy atom. The van der Waals surface area contributed by atoms with Gasteiger partial charge in [-0.05, 0) is 103 Å². The van der Waals surface area contributed by atoms with Crippen LogP contribution in [0.1, 0.15) is 81.8 Å². The van der Waals surface area contributed by atoms with Crippen molar-refractivity contribution < 1.29 is 9.47 Å². The second-order valence-electron chi connectivity index (χ2n) is 11.0. The summed E-state index contributed by atoms with van der Waals surface area (Å²) in [5.41, 5.74) is 2.80. The zero-order chi connectivity index (χ0) is 22.4. The Kier molecular flexibility index (Phi) is 6.21. The van der Waals surface area contributed by atoms with E-state index < -0.39 is 0 Å². The molecule has 176 valence electrons. The first kappa shape index (κ1) is 22.0. The minimum absolute atomic E-state index is 0.203. The lowest BCUT2D eigenvalue weighted by Gasteiger charge is -2.38. The third-order valence-electron chi connectivity index (χ3n) is 9.32. The van der Waals surface area contributed by atoms with Gasteiger partial charge in [0.15, 0.2) is 0 Å². The standard InChI is InChI=1S/C30H38O2S/c1-3-19(2)20-11-13-22(14-12-20)31-30(26-15-16-33-29-10-5-4-7-25(26)29)32-28-18-21-17-27(28)24-9-6-8-23(21)24/h4-5,7,10-14,19,21,23-24,26-28,30H,3,6,8-9,15-18H2,1-2H3. The van der Waals surface area contributed by atoms with Crippen LogP contribution in [0.25, 0.3) is 0 Å². The summed E-state index contributed by atoms with van der Waals surface area (Å²) in [5, 5.41) is 0. The maximum Gasteiger partial charge on any atom is 0.207 e. The molecule has 8 atom stereocenters. The van der Waals surface area contributed by atoms with Gasteiger partial charge < -0.3 is 9.47 Å². The molecule has 3 fully saturated rings. The highest BCUT2D eigenvalue weighted by atomic mass is 32.2. The summed E-state index contributed by atoms with van der Waals surface area (Å²) < 4.78 is 13.7. The van der Waals surface area contributed by atoms with Crippen molar-refractivity contribution in [1.29, 1.82) is 0 Å². The summed E-state index contributed by atoms with van der Waals surface area (Å²) in [5.74, 6) is 6.54. The molecule has 3 aliphatic carbocycles. The van der Waals surface area contributed by atoms with Gasteiger partial charge in [-0.2, -0.15) is 0 Å². The fourth-order valence-corrected chi connectivity index (χ4v) is 8.59. The molecular weight excluding hydrogens is 424 g/mol. The molecule has 2 aromatic rings. The van der Waals surface area contributed by atoms with Crippen molar-refractivity contribution in [2.75, 3.05) is 5.75 Å². The van der Waals surface area contributed by atoms with Crippen molar-refractivity contribution in [2.24, 2.45) is 23.7 Å². The lowest BCUT2D eigenvalue weighted by Crippen LogP contribution is -2.39. The van der Waals surface area contributed by atoms with Crippen LogP contribution in [-0.4, -0.2) is 18.1 Å². The zero-order valence-electron chi connectivity index (χ0n) is 20.1. The van der Waals surface area contributed by atoms with Crippen LogP contribution in [-0.2, 0) is 4.74 Å². The Hall–Kier alpha value is -1.45. The molecule has 0 spiro atoms. The van der Waals surface area contributed by atoms with E-state index in [0.717, 1.165) is 48.0 Å². The van der Waals surface area contributed by atoms with Gasteiger partial charge >= 0.3 is 0 Å². The predicted octanol–water partition coefficient (Wildman–Crippen LogP) is 8.03. The first-order chi connectivity index (χ1) is 16.2. The molecule has 1 heterocycles. The van der Waals surface area contributed by atoms with Crippen LogP contribution in [0.4, 0.5) is 0 Å². The SMILES string of the molecule is CCC(C)c1ccc(OC(OC2CC3CC2C2CCCC32)C2CCSc3ccccc32)cc1. The van der Waals surface area contributed by atoms with E-state index in [9.17, 15) is 0 Å². The molecule has 2 bridgehead atoms. The zero-order valence-corrected chi connectivity index (χ0v) is 20.9. The van der Waals surface area contributed by atoms with E-state index in [1.54, 1.807) is 0 Å². The van der Waals surface area contributed by atoms with Crippen LogP contribution in [0.5, 0.6) is 5.75 Å². The highest BCUT2D eigenvalue weighted by Crippen LogP contribution is 2.60. The van der Waals surface area contributed by atoms with Gasteiger partial charge in [0.2, 0.25) is 6.29 Å². The van der Waals surface area contributed by atoms with Crippen LogP contribution in [0.15, 0.2) is 53.4 Å². The molecule has 2 aromatic carbocycles. The lowest BCUT2D eigenvalue weighted by atomic mass is 9.80. The Bertz CT molecular complexity index is 956. The summed E-state index contributed by atoms with van der Waals surface area (Å²) in [6.45, 7) is 4.55. The van der Waals surface area contributed by atoms with E-state index in [1.807, 2.05) is 11.8 Å². The number of rotatable bonds is 7. The van der Waals surface area contributed by atoms with Crippen molar-refractivity contribution in [3.8, 4) is 5.75 Å². The van der Waals surface area contributed by atoms with Crippen LogP contribution in [0.3, 0.4) is 0 Å². The average molecular weight is 463 g/mol. The largest absolute Gasteiger partial charge is 0.464 e. The van der Waals surface area contributed by atoms with E-state index in [0.29, 0.717) is 17.9 Å². The van der Waals surface area contributed by atoms with Crippen molar-refractivity contribution in [1.82, 2.24) is 0 Å². The molecule has 8 unspecified atom stereocenters. The Balaban J connectivity index is 1.25. The van der Waals surface area contributed by atoms with Gasteiger partial charge in [0.1, 0.15) is 5.75 Å². The molecule has 2 nitrogen and oxygen atoms in total. The molecule has 6 rings (SSSR count). The van der Waals surface area contributed by atoms with E-state index in [1.165, 1.54) is 48.1 Å². The van der Waals surface area contributed by atoms with E-state index in [-0.39, 0.29) is 6.29 Å². The number of ether oxygens (including phenoxy) is 2. The molecule has 3 saturated carbocycles. The Morgan fingerprint density at radius 1 is 0.939 bits per heavy atom. The highest BCUT2D eigenvalue weighted by molar-refractivity contribution is 7.99. The van der Waals surface area contributed by atoms with E-state index in [2.05, 4.69) is 62.4 Å². The molecule has 33 heavy (non-hydrogen) atoms. The monoisotopic (exact) mass is 462 g/mol. The molecular formula is C30H38O2S. The minimum Gasteiger partial charge on any atom is -0.464 e. The van der Waals surface area contributed by atoms with Crippen molar-refractivity contribution in [2.45, 2.75) is 87.9 Å². The summed E-state index contributed by atoms with van der Waals surface area (Å²) >= 11 is 1.98. The van der Waals surface area contributed by atoms with Crippen LogP contribution >= 0.6 is 11.8 Å². The fraction of sp³-hybridized carbons (Fsp3) is 0.600. The molecule has 3 heteroatoms. The molecule has 0 radical (unpaired) electrons. The highest BCUT2D eigenvalue weighted by Gasteiger charge is 2.55. The first-order valence-electron chi connectivity index (χ1n) is 13.3. The van der Waals surface area contributed by atoms with Gasteiger partial charge in [-0.3, -0.25) is 0 Å². The topological polar surface area (TPSA) is 18.5 Å². The molecule has 0 N–H and O–H groups in total. The number of benzene rings is 2. The quantitative estimate of drug-likeness (QED) is 0.388. The van der Waals surface area contributed by atoms with E-state index >= 15 is 0 Å². The van der Waals surface area contributed by atoms with Crippen molar-refractivity contribution in [3.63, 3.8) is 0 Å². The second kappa shape index (κ2) is 9.30. The van der Waals surface area contributed by atoms with Gasteiger partial charge in [0.25, 0.3) is 0 Å². The number of hydrogen-bond donors (Lipinski definition) is 0. The number of hydrogen-bond acceptors (Lipinski definition) is 3. The summed E-state index contributed by atoms with van der Waals surface area (Å²) in [7, 11) is 0. The Morgan fingerprint density at radius 3 is 2.61 bits per heavy atom. The maximum atomic E-state index is 7.02. The van der Waals surface area contributed by atoms with Crippen LogP contribution in [0, 0.1) is 23.7 Å². The lowest BCUT2D eigenvalue weighted by molar-refractivity contribution is -0.155. The number of fused-ring (bicyclic) bond motifs is 6. The van der Waals surface area contributed by atoms with Gasteiger partial charge in [-0.1, -0.05) is 50.6 Å². The van der Waals surface area contributed by atoms with Crippen LogP contribution < -0.4 is 4.74 Å². The van der Waals surface area contributed by atoms with Crippen molar-refractivity contribution >= 4 is 11.8 Å². The second-order valence-corrected chi connectivity index (χ2v) is 12.1. The smallest absolute Gasteiger partial charge is 0.207 e. The normalized spacial score (nSPS) is 34.0. The predicted molar refractivity (Wildman–Crippen MR) is 136 cm³/mol. The van der Waals surface area contributed by atoms with Crippen molar-refractivity contribution in [3.05, 3.63) is 59.7 Å². The van der Waals surface area contributed by atoms with Gasteiger partial charge in [0.05, 0.1) is 6.10 Å². The van der Waals surface area contributed by atoms with Gasteiger partial charge in [-0.15, -0.1) is 11.8 Å².